The average Bonchev–Trinajstić information content (AvgIpc) is 3.33. The van der Waals surface area contributed by atoms with Crippen molar-refractivity contribution in [1.29, 1.82) is 0 Å². The number of aromatic nitrogens is 2. The van der Waals surface area contributed by atoms with Crippen LogP contribution in [-0.2, 0) is 11.3 Å². The monoisotopic (exact) mass is 434 g/mol. The predicted octanol–water partition coefficient (Wildman–Crippen LogP) is 4.37. The van der Waals surface area contributed by atoms with Crippen molar-refractivity contribution < 1.29 is 9.59 Å². The summed E-state index contributed by atoms with van der Waals surface area (Å²) in [7, 11) is 0. The van der Waals surface area contributed by atoms with Gasteiger partial charge in [0, 0.05) is 29.5 Å². The zero-order chi connectivity index (χ0) is 21.5. The molecule has 1 atom stereocenters. The number of nitrogens with zero attached hydrogens (tertiary/aromatic N) is 3. The van der Waals surface area contributed by atoms with E-state index in [2.05, 4.69) is 15.3 Å². The van der Waals surface area contributed by atoms with Crippen LogP contribution < -0.4 is 5.32 Å². The third kappa shape index (κ3) is 5.35. The Hall–Kier alpha value is -3.06. The van der Waals surface area contributed by atoms with Crippen LogP contribution in [0.3, 0.4) is 0 Å². The van der Waals surface area contributed by atoms with Crippen molar-refractivity contribution in [3.8, 4) is 0 Å². The summed E-state index contributed by atoms with van der Waals surface area (Å²) in [4.78, 5) is 38.1. The van der Waals surface area contributed by atoms with Gasteiger partial charge in [0.05, 0.1) is 6.54 Å². The van der Waals surface area contributed by atoms with Gasteiger partial charge in [-0.25, -0.2) is 0 Å². The van der Waals surface area contributed by atoms with Gasteiger partial charge < -0.3 is 10.2 Å². The Kier molecular flexibility index (Phi) is 7.04. The van der Waals surface area contributed by atoms with Crippen LogP contribution in [0.4, 0.5) is 0 Å². The van der Waals surface area contributed by atoms with Crippen LogP contribution in [0, 0.1) is 0 Å². The van der Waals surface area contributed by atoms with E-state index in [0.717, 1.165) is 36.1 Å². The third-order valence-corrected chi connectivity index (χ3v) is 6.45. The molecule has 1 N–H and O–H groups in total. The van der Waals surface area contributed by atoms with Crippen molar-refractivity contribution in [2.24, 2.45) is 0 Å². The molecular weight excluding hydrogens is 408 g/mol. The summed E-state index contributed by atoms with van der Waals surface area (Å²) in [6, 6.07) is 12.2. The number of nitrogens with one attached hydrogen (secondary N) is 1. The Morgan fingerprint density at radius 2 is 1.84 bits per heavy atom. The number of amides is 2. The zero-order valence-electron chi connectivity index (χ0n) is 17.3. The molecule has 7 heteroatoms. The molecule has 4 rings (SSSR count). The van der Waals surface area contributed by atoms with Crippen molar-refractivity contribution in [2.45, 2.75) is 50.7 Å². The van der Waals surface area contributed by atoms with Gasteiger partial charge in [-0.1, -0.05) is 31.4 Å². The van der Waals surface area contributed by atoms with Crippen LogP contribution in [-0.4, -0.2) is 32.7 Å². The molecule has 0 radical (unpaired) electrons. The second-order valence-corrected chi connectivity index (χ2v) is 8.79. The maximum absolute atomic E-state index is 13.6. The fourth-order valence-corrected chi connectivity index (χ4v) is 4.74. The molecule has 1 aliphatic rings. The molecule has 0 unspecified atom stereocenters. The highest BCUT2D eigenvalue weighted by Gasteiger charge is 2.34. The first kappa shape index (κ1) is 21.2. The van der Waals surface area contributed by atoms with Crippen LogP contribution in [0.15, 0.2) is 66.4 Å². The van der Waals surface area contributed by atoms with E-state index in [0.29, 0.717) is 12.2 Å². The van der Waals surface area contributed by atoms with Crippen molar-refractivity contribution in [2.75, 3.05) is 0 Å². The Morgan fingerprint density at radius 3 is 2.52 bits per heavy atom. The second-order valence-electron chi connectivity index (χ2n) is 7.75. The highest BCUT2D eigenvalue weighted by atomic mass is 32.1. The Balaban J connectivity index is 1.69. The van der Waals surface area contributed by atoms with Crippen molar-refractivity contribution in [3.05, 3.63) is 82.6 Å². The lowest BCUT2D eigenvalue weighted by Gasteiger charge is -2.33. The van der Waals surface area contributed by atoms with Gasteiger partial charge in [-0.05, 0) is 54.1 Å². The summed E-state index contributed by atoms with van der Waals surface area (Å²) in [5, 5.41) is 5.19. The minimum Gasteiger partial charge on any atom is -0.351 e. The molecule has 0 aromatic carbocycles. The van der Waals surface area contributed by atoms with Gasteiger partial charge in [0.15, 0.2) is 0 Å². The minimum absolute atomic E-state index is 0.152. The fraction of sp³-hybridized carbons (Fsp3) is 0.333. The topological polar surface area (TPSA) is 75.2 Å². The minimum atomic E-state index is -0.762. The van der Waals surface area contributed by atoms with Crippen LogP contribution >= 0.6 is 11.3 Å². The lowest BCUT2D eigenvalue weighted by molar-refractivity contribution is -0.127. The molecule has 6 nitrogen and oxygen atoms in total. The fourth-order valence-electron chi connectivity index (χ4n) is 4.03. The SMILES string of the molecule is O=C(NC1CCCCC1)[C@@H](c1ccncc1)N(Cc1cccs1)C(=O)c1ccccn1. The summed E-state index contributed by atoms with van der Waals surface area (Å²) in [5.74, 6) is -0.423. The Bertz CT molecular complexity index is 973. The van der Waals surface area contributed by atoms with E-state index in [1.165, 1.54) is 6.42 Å². The molecule has 1 saturated carbocycles. The summed E-state index contributed by atoms with van der Waals surface area (Å²) < 4.78 is 0. The lowest BCUT2D eigenvalue weighted by Crippen LogP contribution is -2.47. The van der Waals surface area contributed by atoms with Crippen molar-refractivity contribution in [3.63, 3.8) is 0 Å². The van der Waals surface area contributed by atoms with E-state index in [9.17, 15) is 9.59 Å². The summed E-state index contributed by atoms with van der Waals surface area (Å²) in [6.07, 6.45) is 10.3. The number of pyridine rings is 2. The molecule has 0 spiro atoms. The van der Waals surface area contributed by atoms with E-state index in [1.54, 1.807) is 65.2 Å². The quantitative estimate of drug-likeness (QED) is 0.599. The number of carbonyl (C=O) groups is 2. The van der Waals surface area contributed by atoms with Gasteiger partial charge in [-0.2, -0.15) is 0 Å². The Labute approximate surface area is 186 Å². The Morgan fingerprint density at radius 1 is 1.03 bits per heavy atom. The van der Waals surface area contributed by atoms with E-state index in [-0.39, 0.29) is 17.9 Å². The molecule has 3 heterocycles. The molecule has 160 valence electrons. The molecule has 2 amide bonds. The largest absolute Gasteiger partial charge is 0.351 e. The molecule has 1 fully saturated rings. The molecular formula is C24H26N4O2S. The summed E-state index contributed by atoms with van der Waals surface area (Å²) >= 11 is 1.57. The lowest BCUT2D eigenvalue weighted by atomic mass is 9.94. The van der Waals surface area contributed by atoms with Crippen LogP contribution in [0.25, 0.3) is 0 Å². The van der Waals surface area contributed by atoms with Gasteiger partial charge in [0.2, 0.25) is 5.91 Å². The molecule has 1 aliphatic carbocycles. The van der Waals surface area contributed by atoms with E-state index in [1.807, 2.05) is 17.5 Å². The zero-order valence-corrected chi connectivity index (χ0v) is 18.1. The number of carbonyl (C=O) groups excluding carboxylic acids is 2. The second kappa shape index (κ2) is 10.3. The molecule has 0 saturated heterocycles. The van der Waals surface area contributed by atoms with E-state index < -0.39 is 6.04 Å². The third-order valence-electron chi connectivity index (χ3n) is 5.58. The van der Waals surface area contributed by atoms with Gasteiger partial charge in [-0.15, -0.1) is 11.3 Å². The molecule has 3 aromatic heterocycles. The number of thiophene rings is 1. The average molecular weight is 435 g/mol. The van der Waals surface area contributed by atoms with Crippen molar-refractivity contribution in [1.82, 2.24) is 20.2 Å². The number of hydrogen-bond acceptors (Lipinski definition) is 5. The molecule has 31 heavy (non-hydrogen) atoms. The maximum atomic E-state index is 13.6. The predicted molar refractivity (Wildman–Crippen MR) is 120 cm³/mol. The highest BCUT2D eigenvalue weighted by Crippen LogP contribution is 2.27. The van der Waals surface area contributed by atoms with Gasteiger partial charge in [0.25, 0.3) is 5.91 Å². The van der Waals surface area contributed by atoms with Crippen LogP contribution in [0.1, 0.15) is 59.1 Å². The van der Waals surface area contributed by atoms with Crippen molar-refractivity contribution >= 4 is 23.2 Å². The normalized spacial score (nSPS) is 15.2. The highest BCUT2D eigenvalue weighted by molar-refractivity contribution is 7.09. The summed E-state index contributed by atoms with van der Waals surface area (Å²) in [6.45, 7) is 0.331. The molecule has 3 aromatic rings. The molecule has 0 bridgehead atoms. The standard InChI is InChI=1S/C24H26N4O2S/c29-23(27-19-7-2-1-3-8-19)22(18-11-14-25-15-12-18)28(17-20-9-6-16-31-20)24(30)21-10-4-5-13-26-21/h4-6,9-16,19,22H,1-3,7-8,17H2,(H,27,29)/t22-/m1/s1. The molecule has 0 aliphatic heterocycles. The first-order valence-electron chi connectivity index (χ1n) is 10.7. The van der Waals surface area contributed by atoms with Crippen LogP contribution in [0.5, 0.6) is 0 Å². The van der Waals surface area contributed by atoms with Gasteiger partial charge in [-0.3, -0.25) is 19.6 Å². The number of hydrogen-bond donors (Lipinski definition) is 1. The van der Waals surface area contributed by atoms with Gasteiger partial charge in [0.1, 0.15) is 11.7 Å². The maximum Gasteiger partial charge on any atom is 0.273 e. The van der Waals surface area contributed by atoms with Gasteiger partial charge >= 0.3 is 0 Å². The smallest absolute Gasteiger partial charge is 0.273 e. The van der Waals surface area contributed by atoms with E-state index >= 15 is 0 Å². The number of rotatable bonds is 7. The first-order chi connectivity index (χ1) is 15.2. The van der Waals surface area contributed by atoms with Crippen LogP contribution in [0.2, 0.25) is 0 Å². The first-order valence-corrected chi connectivity index (χ1v) is 11.5. The van der Waals surface area contributed by atoms with E-state index in [4.69, 9.17) is 0 Å². The summed E-state index contributed by atoms with van der Waals surface area (Å²) in [5.41, 5.74) is 1.06.